The van der Waals surface area contributed by atoms with Gasteiger partial charge in [-0.25, -0.2) is 0 Å². The van der Waals surface area contributed by atoms with Crippen LogP contribution in [-0.2, 0) is 5.41 Å². The molecular formula is C20H21ClN2O2. The molecule has 2 aromatic rings. The number of allylic oxidation sites excluding steroid dienone is 1. The number of benzene rings is 2. The first kappa shape index (κ1) is 17.5. The number of likely N-dealkylation sites (N-methyl/N-ethyl adjacent to an activating group) is 1. The molecule has 2 aromatic carbocycles. The standard InChI is InChI=1S/C20H21ClN2O2/c1-20(2)17-6-4-5-7-18(17)22(3)19(20)12-15(13-23(24)25)14-8-10-16(21)11-9-14/h4-12,15H,13H2,1-3H3/b19-12+/t15-/m1/s1. The minimum Gasteiger partial charge on any atom is -0.347 e. The normalized spacial score (nSPS) is 18.2. The molecule has 4 nitrogen and oxygen atoms in total. The van der Waals surface area contributed by atoms with E-state index in [4.69, 9.17) is 11.6 Å². The van der Waals surface area contributed by atoms with E-state index in [1.165, 1.54) is 5.56 Å². The molecule has 25 heavy (non-hydrogen) atoms. The Morgan fingerprint density at radius 2 is 1.84 bits per heavy atom. The second-order valence-corrected chi connectivity index (χ2v) is 7.36. The molecule has 0 saturated heterocycles. The van der Waals surface area contributed by atoms with Crippen molar-refractivity contribution < 1.29 is 4.92 Å². The van der Waals surface area contributed by atoms with Gasteiger partial charge in [-0.1, -0.05) is 61.9 Å². The van der Waals surface area contributed by atoms with Crippen LogP contribution in [0.4, 0.5) is 5.69 Å². The lowest BCUT2D eigenvalue weighted by Crippen LogP contribution is -2.25. The summed E-state index contributed by atoms with van der Waals surface area (Å²) < 4.78 is 0. The third kappa shape index (κ3) is 3.27. The minimum absolute atomic E-state index is 0.147. The second kappa shape index (κ2) is 6.52. The SMILES string of the molecule is CN1/C(=C/[C@H](C[N+](=O)[O-])c2ccc(Cl)cc2)C(C)(C)c2ccccc21. The third-order valence-corrected chi connectivity index (χ3v) is 5.20. The van der Waals surface area contributed by atoms with Crippen LogP contribution in [0.5, 0.6) is 0 Å². The Labute approximate surface area is 152 Å². The van der Waals surface area contributed by atoms with Gasteiger partial charge >= 0.3 is 0 Å². The highest BCUT2D eigenvalue weighted by atomic mass is 35.5. The molecule has 1 aliphatic rings. The van der Waals surface area contributed by atoms with Gasteiger partial charge in [0.15, 0.2) is 0 Å². The molecule has 0 radical (unpaired) electrons. The van der Waals surface area contributed by atoms with E-state index in [9.17, 15) is 10.1 Å². The monoisotopic (exact) mass is 356 g/mol. The summed E-state index contributed by atoms with van der Waals surface area (Å²) in [5, 5.41) is 11.8. The quantitative estimate of drug-likeness (QED) is 0.571. The number of hydrogen-bond donors (Lipinski definition) is 0. The molecule has 1 atom stereocenters. The Balaban J connectivity index is 2.06. The molecule has 1 heterocycles. The molecule has 1 aliphatic heterocycles. The lowest BCUT2D eigenvalue weighted by atomic mass is 9.82. The topological polar surface area (TPSA) is 46.4 Å². The van der Waals surface area contributed by atoms with Crippen molar-refractivity contribution in [2.45, 2.75) is 25.2 Å². The molecule has 0 N–H and O–H groups in total. The Hall–Kier alpha value is -2.33. The van der Waals surface area contributed by atoms with E-state index >= 15 is 0 Å². The van der Waals surface area contributed by atoms with Crippen LogP contribution in [0.2, 0.25) is 5.02 Å². The van der Waals surface area contributed by atoms with E-state index in [2.05, 4.69) is 30.9 Å². The average Bonchev–Trinajstić information content (AvgIpc) is 2.76. The summed E-state index contributed by atoms with van der Waals surface area (Å²) in [5.41, 5.74) is 4.16. The Kier molecular flexibility index (Phi) is 4.56. The maximum atomic E-state index is 11.2. The highest BCUT2D eigenvalue weighted by molar-refractivity contribution is 6.30. The summed E-state index contributed by atoms with van der Waals surface area (Å²) in [6, 6.07) is 15.5. The van der Waals surface area contributed by atoms with Crippen molar-refractivity contribution in [3.63, 3.8) is 0 Å². The van der Waals surface area contributed by atoms with E-state index in [-0.39, 0.29) is 22.8 Å². The van der Waals surface area contributed by atoms with Gasteiger partial charge in [-0.05, 0) is 29.3 Å². The summed E-state index contributed by atoms with van der Waals surface area (Å²) in [6.45, 7) is 4.17. The molecule has 3 rings (SSSR count). The van der Waals surface area contributed by atoms with Gasteiger partial charge in [-0.3, -0.25) is 10.1 Å². The predicted molar refractivity (Wildman–Crippen MR) is 102 cm³/mol. The fourth-order valence-corrected chi connectivity index (χ4v) is 3.74. The van der Waals surface area contributed by atoms with Gasteiger partial charge in [0.1, 0.15) is 0 Å². The number of para-hydroxylation sites is 1. The van der Waals surface area contributed by atoms with Crippen molar-refractivity contribution in [3.05, 3.63) is 86.6 Å². The number of halogens is 1. The highest BCUT2D eigenvalue weighted by Gasteiger charge is 2.38. The minimum atomic E-state index is -0.307. The van der Waals surface area contributed by atoms with Crippen molar-refractivity contribution in [3.8, 4) is 0 Å². The number of fused-ring (bicyclic) bond motifs is 1. The molecular weight excluding hydrogens is 336 g/mol. The van der Waals surface area contributed by atoms with Crippen molar-refractivity contribution in [2.24, 2.45) is 0 Å². The van der Waals surface area contributed by atoms with Crippen LogP contribution in [0, 0.1) is 10.1 Å². The molecule has 0 saturated carbocycles. The Bertz CT molecular complexity index is 828. The van der Waals surface area contributed by atoms with Crippen LogP contribution in [0.1, 0.15) is 30.9 Å². The van der Waals surface area contributed by atoms with Gasteiger partial charge in [0.05, 0.1) is 5.92 Å². The zero-order valence-corrected chi connectivity index (χ0v) is 15.3. The van der Waals surface area contributed by atoms with Crippen LogP contribution in [0.3, 0.4) is 0 Å². The molecule has 0 fully saturated rings. The molecule has 0 unspecified atom stereocenters. The summed E-state index contributed by atoms with van der Waals surface area (Å²) in [4.78, 5) is 13.1. The van der Waals surface area contributed by atoms with E-state index in [0.717, 1.165) is 16.9 Å². The highest BCUT2D eigenvalue weighted by Crippen LogP contribution is 2.47. The molecule has 0 bridgehead atoms. The lowest BCUT2D eigenvalue weighted by Gasteiger charge is -2.26. The summed E-state index contributed by atoms with van der Waals surface area (Å²) in [6.07, 6.45) is 2.03. The zero-order valence-electron chi connectivity index (χ0n) is 14.6. The first-order chi connectivity index (χ1) is 11.8. The number of anilines is 1. The maximum Gasteiger partial charge on any atom is 0.214 e. The van der Waals surface area contributed by atoms with Crippen LogP contribution in [0.15, 0.2) is 60.3 Å². The van der Waals surface area contributed by atoms with Gasteiger partial charge < -0.3 is 4.90 Å². The van der Waals surface area contributed by atoms with Crippen LogP contribution >= 0.6 is 11.6 Å². The van der Waals surface area contributed by atoms with E-state index in [1.54, 1.807) is 12.1 Å². The van der Waals surface area contributed by atoms with Crippen molar-refractivity contribution in [2.75, 3.05) is 18.5 Å². The Morgan fingerprint density at radius 1 is 1.20 bits per heavy atom. The summed E-state index contributed by atoms with van der Waals surface area (Å²) >= 11 is 5.96. The van der Waals surface area contributed by atoms with E-state index < -0.39 is 0 Å². The van der Waals surface area contributed by atoms with Gasteiger partial charge in [0, 0.05) is 33.8 Å². The number of nitro groups is 1. The number of nitrogens with zero attached hydrogens (tertiary/aromatic N) is 2. The molecule has 130 valence electrons. The van der Waals surface area contributed by atoms with Crippen molar-refractivity contribution in [1.82, 2.24) is 0 Å². The number of hydrogen-bond acceptors (Lipinski definition) is 3. The van der Waals surface area contributed by atoms with Gasteiger partial charge in [0.2, 0.25) is 6.54 Å². The number of rotatable bonds is 4. The summed E-state index contributed by atoms with van der Waals surface area (Å²) in [7, 11) is 2.02. The van der Waals surface area contributed by atoms with Crippen LogP contribution < -0.4 is 4.90 Å². The first-order valence-corrected chi connectivity index (χ1v) is 8.61. The molecule has 0 spiro atoms. The molecule has 0 amide bonds. The predicted octanol–water partition coefficient (Wildman–Crippen LogP) is 5.01. The molecule has 0 aliphatic carbocycles. The second-order valence-electron chi connectivity index (χ2n) is 6.93. The smallest absolute Gasteiger partial charge is 0.214 e. The fourth-order valence-electron chi connectivity index (χ4n) is 3.62. The van der Waals surface area contributed by atoms with Gasteiger partial charge in [-0.2, -0.15) is 0 Å². The van der Waals surface area contributed by atoms with E-state index in [0.29, 0.717) is 5.02 Å². The Morgan fingerprint density at radius 3 is 2.44 bits per heavy atom. The van der Waals surface area contributed by atoms with Gasteiger partial charge in [0.25, 0.3) is 0 Å². The lowest BCUT2D eigenvalue weighted by molar-refractivity contribution is -0.481. The maximum absolute atomic E-state index is 11.2. The van der Waals surface area contributed by atoms with Crippen LogP contribution in [-0.4, -0.2) is 18.5 Å². The van der Waals surface area contributed by atoms with Crippen molar-refractivity contribution in [1.29, 1.82) is 0 Å². The van der Waals surface area contributed by atoms with Gasteiger partial charge in [-0.15, -0.1) is 0 Å². The molecule has 0 aromatic heterocycles. The fraction of sp³-hybridized carbons (Fsp3) is 0.300. The molecule has 5 heteroatoms. The largest absolute Gasteiger partial charge is 0.347 e. The first-order valence-electron chi connectivity index (χ1n) is 8.23. The zero-order chi connectivity index (χ0) is 18.2. The van der Waals surface area contributed by atoms with E-state index in [1.807, 2.05) is 37.4 Å². The average molecular weight is 357 g/mol. The summed E-state index contributed by atoms with van der Waals surface area (Å²) in [5.74, 6) is -0.307. The van der Waals surface area contributed by atoms with Crippen LogP contribution in [0.25, 0.3) is 0 Å². The van der Waals surface area contributed by atoms with Crippen molar-refractivity contribution >= 4 is 17.3 Å². The third-order valence-electron chi connectivity index (χ3n) is 4.94.